The standard InChI is InChI=1S/C13H18N2O3/c1-2-17-13(16)10-11(14)18-12(15-10)9-7-5-3-4-6-8(7)9/h7-9H,2-6,14H2,1H3. The second-order valence-corrected chi connectivity index (χ2v) is 5.12. The van der Waals surface area contributed by atoms with Crippen molar-refractivity contribution in [2.45, 2.75) is 38.5 Å². The molecule has 2 saturated carbocycles. The molecule has 18 heavy (non-hydrogen) atoms. The normalized spacial score (nSPS) is 29.7. The number of esters is 1. The van der Waals surface area contributed by atoms with Crippen LogP contribution in [0.15, 0.2) is 4.42 Å². The lowest BCUT2D eigenvalue weighted by molar-refractivity contribution is 0.0521. The van der Waals surface area contributed by atoms with Crippen LogP contribution in [0.1, 0.15) is 54.9 Å². The molecule has 3 rings (SSSR count). The largest absolute Gasteiger partial charge is 0.461 e. The highest BCUT2D eigenvalue weighted by Crippen LogP contribution is 2.61. The maximum absolute atomic E-state index is 11.6. The molecule has 5 nitrogen and oxygen atoms in total. The summed E-state index contributed by atoms with van der Waals surface area (Å²) in [5, 5.41) is 0. The Kier molecular flexibility index (Phi) is 2.76. The zero-order valence-corrected chi connectivity index (χ0v) is 10.5. The minimum absolute atomic E-state index is 0.0899. The smallest absolute Gasteiger partial charge is 0.362 e. The van der Waals surface area contributed by atoms with Crippen LogP contribution in [0.3, 0.4) is 0 Å². The molecule has 2 fully saturated rings. The molecule has 2 aliphatic rings. The van der Waals surface area contributed by atoms with Crippen LogP contribution in [-0.2, 0) is 4.74 Å². The van der Waals surface area contributed by atoms with Crippen molar-refractivity contribution >= 4 is 11.9 Å². The molecule has 98 valence electrons. The molecule has 2 N–H and O–H groups in total. The summed E-state index contributed by atoms with van der Waals surface area (Å²) in [6, 6.07) is 0. The molecule has 0 radical (unpaired) electrons. The van der Waals surface area contributed by atoms with E-state index in [4.69, 9.17) is 14.9 Å². The van der Waals surface area contributed by atoms with Crippen molar-refractivity contribution in [3.63, 3.8) is 0 Å². The molecule has 0 spiro atoms. The van der Waals surface area contributed by atoms with Crippen LogP contribution in [0.4, 0.5) is 5.88 Å². The van der Waals surface area contributed by atoms with Crippen molar-refractivity contribution in [3.8, 4) is 0 Å². The third kappa shape index (κ3) is 1.78. The predicted molar refractivity (Wildman–Crippen MR) is 65.1 cm³/mol. The van der Waals surface area contributed by atoms with Crippen LogP contribution < -0.4 is 5.73 Å². The average molecular weight is 250 g/mol. The number of nitrogens with zero attached hydrogens (tertiary/aromatic N) is 1. The van der Waals surface area contributed by atoms with Crippen LogP contribution in [0.25, 0.3) is 0 Å². The van der Waals surface area contributed by atoms with Gasteiger partial charge >= 0.3 is 5.97 Å². The van der Waals surface area contributed by atoms with Gasteiger partial charge in [-0.3, -0.25) is 0 Å². The minimum Gasteiger partial charge on any atom is -0.461 e. The zero-order valence-electron chi connectivity index (χ0n) is 10.5. The summed E-state index contributed by atoms with van der Waals surface area (Å²) in [5.41, 5.74) is 5.83. The Bertz CT molecular complexity index is 457. The Morgan fingerprint density at radius 3 is 2.72 bits per heavy atom. The summed E-state index contributed by atoms with van der Waals surface area (Å²) in [4.78, 5) is 15.9. The van der Waals surface area contributed by atoms with Gasteiger partial charge in [-0.05, 0) is 31.6 Å². The van der Waals surface area contributed by atoms with Crippen molar-refractivity contribution in [1.82, 2.24) is 4.98 Å². The first-order valence-electron chi connectivity index (χ1n) is 6.65. The molecule has 0 saturated heterocycles. The molecular formula is C13H18N2O3. The fraction of sp³-hybridized carbons (Fsp3) is 0.692. The highest BCUT2D eigenvalue weighted by molar-refractivity contribution is 5.91. The molecule has 5 heteroatoms. The second-order valence-electron chi connectivity index (χ2n) is 5.12. The summed E-state index contributed by atoms with van der Waals surface area (Å²) in [6.07, 6.45) is 5.07. The maximum atomic E-state index is 11.6. The Balaban J connectivity index is 1.78. The molecule has 1 aromatic heterocycles. The number of aromatic nitrogens is 1. The number of carbonyl (C=O) groups is 1. The van der Waals surface area contributed by atoms with Gasteiger partial charge in [0.15, 0.2) is 0 Å². The van der Waals surface area contributed by atoms with Crippen molar-refractivity contribution in [2.75, 3.05) is 12.3 Å². The minimum atomic E-state index is -0.492. The van der Waals surface area contributed by atoms with Gasteiger partial charge in [-0.15, -0.1) is 0 Å². The van der Waals surface area contributed by atoms with Gasteiger partial charge in [-0.25, -0.2) is 9.78 Å². The van der Waals surface area contributed by atoms with E-state index in [0.717, 1.165) is 0 Å². The monoisotopic (exact) mass is 250 g/mol. The molecule has 2 atom stereocenters. The van der Waals surface area contributed by atoms with Crippen LogP contribution >= 0.6 is 0 Å². The van der Waals surface area contributed by atoms with Gasteiger partial charge in [0.1, 0.15) is 0 Å². The van der Waals surface area contributed by atoms with Crippen molar-refractivity contribution < 1.29 is 13.9 Å². The van der Waals surface area contributed by atoms with Gasteiger partial charge in [0.05, 0.1) is 6.61 Å². The van der Waals surface area contributed by atoms with E-state index in [1.807, 2.05) is 0 Å². The number of carbonyl (C=O) groups excluding carboxylic acids is 1. The van der Waals surface area contributed by atoms with Crippen molar-refractivity contribution in [3.05, 3.63) is 11.6 Å². The number of hydrogen-bond acceptors (Lipinski definition) is 5. The molecule has 1 heterocycles. The number of ether oxygens (including phenoxy) is 1. The Labute approximate surface area is 106 Å². The third-order valence-electron chi connectivity index (χ3n) is 4.08. The lowest BCUT2D eigenvalue weighted by Gasteiger charge is -2.04. The van der Waals surface area contributed by atoms with Crippen LogP contribution in [0, 0.1) is 11.8 Å². The fourth-order valence-electron chi connectivity index (χ4n) is 3.20. The topological polar surface area (TPSA) is 78.3 Å². The number of anilines is 1. The van der Waals surface area contributed by atoms with Gasteiger partial charge in [0.2, 0.25) is 17.5 Å². The highest BCUT2D eigenvalue weighted by Gasteiger charge is 2.54. The summed E-state index contributed by atoms with van der Waals surface area (Å²) in [6.45, 7) is 2.07. The summed E-state index contributed by atoms with van der Waals surface area (Å²) in [5.74, 6) is 1.98. The van der Waals surface area contributed by atoms with Crippen LogP contribution in [0.2, 0.25) is 0 Å². The number of nitrogens with two attached hydrogens (primary N) is 1. The molecule has 0 aliphatic heterocycles. The maximum Gasteiger partial charge on any atom is 0.362 e. The number of fused-ring (bicyclic) bond motifs is 1. The molecular weight excluding hydrogens is 232 g/mol. The number of hydrogen-bond donors (Lipinski definition) is 1. The number of oxazole rings is 1. The van der Waals surface area contributed by atoms with Gasteiger partial charge in [0, 0.05) is 5.92 Å². The van der Waals surface area contributed by atoms with Crippen molar-refractivity contribution in [1.29, 1.82) is 0 Å². The molecule has 2 unspecified atom stereocenters. The Morgan fingerprint density at radius 1 is 1.44 bits per heavy atom. The van der Waals surface area contributed by atoms with E-state index >= 15 is 0 Å². The SMILES string of the molecule is CCOC(=O)c1nc(C2C3CCCCC32)oc1N. The van der Waals surface area contributed by atoms with E-state index in [1.54, 1.807) is 6.92 Å². The lowest BCUT2D eigenvalue weighted by Crippen LogP contribution is -2.07. The van der Waals surface area contributed by atoms with E-state index in [0.29, 0.717) is 30.3 Å². The van der Waals surface area contributed by atoms with Crippen LogP contribution in [0.5, 0.6) is 0 Å². The first-order chi connectivity index (χ1) is 8.72. The second kappa shape index (κ2) is 4.30. The zero-order chi connectivity index (χ0) is 12.7. The third-order valence-corrected chi connectivity index (χ3v) is 4.08. The van der Waals surface area contributed by atoms with Gasteiger partial charge in [0.25, 0.3) is 0 Å². The molecule has 0 aromatic carbocycles. The Hall–Kier alpha value is -1.52. The summed E-state index contributed by atoms with van der Waals surface area (Å²) >= 11 is 0. The van der Waals surface area contributed by atoms with Gasteiger partial charge in [-0.2, -0.15) is 0 Å². The fourth-order valence-corrected chi connectivity index (χ4v) is 3.20. The van der Waals surface area contributed by atoms with E-state index in [9.17, 15) is 4.79 Å². The predicted octanol–water partition coefficient (Wildman–Crippen LogP) is 2.34. The Morgan fingerprint density at radius 2 is 2.11 bits per heavy atom. The van der Waals surface area contributed by atoms with Crippen molar-refractivity contribution in [2.24, 2.45) is 11.8 Å². The summed E-state index contributed by atoms with van der Waals surface area (Å²) in [7, 11) is 0. The van der Waals surface area contributed by atoms with E-state index in [1.165, 1.54) is 25.7 Å². The number of rotatable bonds is 3. The quantitative estimate of drug-likeness (QED) is 0.833. The molecule has 1 aromatic rings. The van der Waals surface area contributed by atoms with E-state index in [2.05, 4.69) is 4.98 Å². The highest BCUT2D eigenvalue weighted by atomic mass is 16.5. The van der Waals surface area contributed by atoms with Crippen LogP contribution in [-0.4, -0.2) is 17.6 Å². The molecule has 0 bridgehead atoms. The van der Waals surface area contributed by atoms with E-state index in [-0.39, 0.29) is 11.6 Å². The number of nitrogen functional groups attached to an aromatic ring is 1. The average Bonchev–Trinajstić information content (AvgIpc) is 2.97. The van der Waals surface area contributed by atoms with E-state index < -0.39 is 5.97 Å². The van der Waals surface area contributed by atoms with Gasteiger partial charge < -0.3 is 14.9 Å². The molecule has 2 aliphatic carbocycles. The first-order valence-corrected chi connectivity index (χ1v) is 6.65. The van der Waals surface area contributed by atoms with Gasteiger partial charge in [-0.1, -0.05) is 12.8 Å². The lowest BCUT2D eigenvalue weighted by atomic mass is 10.0. The molecule has 0 amide bonds. The first kappa shape index (κ1) is 11.6. The summed E-state index contributed by atoms with van der Waals surface area (Å²) < 4.78 is 10.4.